The van der Waals surface area contributed by atoms with Crippen molar-refractivity contribution in [2.75, 3.05) is 19.5 Å². The molecule has 0 amide bonds. The Hall–Kier alpha value is -1.28. The number of hydrogen-bond acceptors (Lipinski definition) is 7. The molecule has 152 valence electrons. The molecule has 2 unspecified atom stereocenters. The molecule has 28 heavy (non-hydrogen) atoms. The van der Waals surface area contributed by atoms with E-state index in [0.717, 1.165) is 18.5 Å². The van der Waals surface area contributed by atoms with E-state index in [9.17, 15) is 14.5 Å². The Balaban J connectivity index is 1.83. The Morgan fingerprint density at radius 1 is 1.61 bits per heavy atom. The van der Waals surface area contributed by atoms with Gasteiger partial charge >= 0.3 is 15.6 Å². The van der Waals surface area contributed by atoms with Crippen LogP contribution in [0.4, 0.5) is 10.1 Å². The van der Waals surface area contributed by atoms with Gasteiger partial charge < -0.3 is 14.7 Å². The number of hydrogen-bond donors (Lipinski definition) is 1. The van der Waals surface area contributed by atoms with E-state index < -0.39 is 11.1 Å². The van der Waals surface area contributed by atoms with E-state index in [0.29, 0.717) is 5.69 Å². The van der Waals surface area contributed by atoms with Crippen LogP contribution in [0, 0.1) is 10.1 Å². The smallest absolute Gasteiger partial charge is 0.435 e. The lowest BCUT2D eigenvalue weighted by atomic mass is 10.1. The van der Waals surface area contributed by atoms with Crippen molar-refractivity contribution in [2.45, 2.75) is 37.9 Å². The number of dihydropyridines is 1. The van der Waals surface area contributed by atoms with Crippen LogP contribution in [-0.4, -0.2) is 50.4 Å². The number of rotatable bonds is 10. The summed E-state index contributed by atoms with van der Waals surface area (Å²) in [5.74, 6) is 0.116. The highest BCUT2D eigenvalue weighted by molar-refractivity contribution is 14.1. The van der Waals surface area contributed by atoms with Crippen molar-refractivity contribution in [1.82, 2.24) is 15.1 Å². The molecule has 2 atom stereocenters. The van der Waals surface area contributed by atoms with Crippen LogP contribution in [0.15, 0.2) is 18.4 Å². The Labute approximate surface area is 180 Å². The largest absolute Gasteiger partial charge is 0.469 e. The fourth-order valence-corrected chi connectivity index (χ4v) is 4.10. The first kappa shape index (κ1) is 21.4. The molecular formula is C16H21BFIN4O4S. The Kier molecular flexibility index (Phi) is 7.26. The molecule has 1 saturated carbocycles. The van der Waals surface area contributed by atoms with Crippen LogP contribution in [0.5, 0.6) is 5.88 Å². The second-order valence-electron chi connectivity index (χ2n) is 6.57. The number of halogens is 2. The number of allylic oxidation sites excluding steroid dienone is 2. The molecular weight excluding hydrogens is 501 g/mol. The van der Waals surface area contributed by atoms with Crippen molar-refractivity contribution >= 4 is 49.4 Å². The highest BCUT2D eigenvalue weighted by atomic mass is 127. The molecule has 1 aromatic rings. The van der Waals surface area contributed by atoms with Gasteiger partial charge in [-0.25, -0.2) is 9.07 Å². The zero-order chi connectivity index (χ0) is 20.3. The minimum absolute atomic E-state index is 0.0604. The van der Waals surface area contributed by atoms with Crippen LogP contribution in [0.2, 0.25) is 0 Å². The molecule has 1 aliphatic heterocycles. The summed E-state index contributed by atoms with van der Waals surface area (Å²) in [6.07, 6.45) is 5.95. The van der Waals surface area contributed by atoms with Gasteiger partial charge in [-0.05, 0) is 38.1 Å². The van der Waals surface area contributed by atoms with E-state index in [2.05, 4.69) is 32.8 Å². The normalized spacial score (nSPS) is 19.7. The van der Waals surface area contributed by atoms with Crippen molar-refractivity contribution < 1.29 is 18.7 Å². The molecule has 2 aliphatic rings. The number of nitrogens with zero attached hydrogens (tertiary/aromatic N) is 3. The Bertz CT molecular complexity index is 789. The van der Waals surface area contributed by atoms with E-state index in [1.807, 2.05) is 25.3 Å². The monoisotopic (exact) mass is 522 g/mol. The lowest BCUT2D eigenvalue weighted by Crippen LogP contribution is -2.28. The van der Waals surface area contributed by atoms with Crippen molar-refractivity contribution in [2.24, 2.45) is 0 Å². The molecule has 1 aromatic heterocycles. The first-order valence-electron chi connectivity index (χ1n) is 8.88. The molecule has 8 nitrogen and oxygen atoms in total. The number of nitrogens with one attached hydrogen (secondary N) is 1. The molecule has 12 heteroatoms. The summed E-state index contributed by atoms with van der Waals surface area (Å²) < 4.78 is 26.2. The van der Waals surface area contributed by atoms with Gasteiger partial charge in [0.15, 0.2) is 0 Å². The van der Waals surface area contributed by atoms with Crippen LogP contribution in [0.1, 0.15) is 31.4 Å². The maximum atomic E-state index is 14.2. The van der Waals surface area contributed by atoms with Gasteiger partial charge in [0.25, 0.3) is 0 Å². The van der Waals surface area contributed by atoms with Crippen molar-refractivity contribution in [3.63, 3.8) is 0 Å². The molecule has 1 N–H and O–H groups in total. The second kappa shape index (κ2) is 9.48. The summed E-state index contributed by atoms with van der Waals surface area (Å²) in [6.45, 7) is 1.65. The topological polar surface area (TPSA) is 91.5 Å². The van der Waals surface area contributed by atoms with Crippen LogP contribution >= 0.6 is 34.0 Å². The summed E-state index contributed by atoms with van der Waals surface area (Å²) in [7, 11) is 1.55. The van der Waals surface area contributed by atoms with E-state index in [1.54, 1.807) is 11.8 Å². The summed E-state index contributed by atoms with van der Waals surface area (Å²) in [6, 6.07) is -0.0604. The van der Waals surface area contributed by atoms with Gasteiger partial charge in [0, 0.05) is 18.8 Å². The van der Waals surface area contributed by atoms with Crippen LogP contribution < -0.4 is 10.1 Å². The molecule has 0 radical (unpaired) electrons. The first-order chi connectivity index (χ1) is 13.4. The summed E-state index contributed by atoms with van der Waals surface area (Å²) in [5, 5.41) is 19.3. The fourth-order valence-electron chi connectivity index (χ4n) is 2.89. The van der Waals surface area contributed by atoms with Gasteiger partial charge in [-0.2, -0.15) is 11.6 Å². The lowest BCUT2D eigenvalue weighted by molar-refractivity contribution is -0.386. The summed E-state index contributed by atoms with van der Waals surface area (Å²) in [4.78, 5) is 11.3. The molecule has 0 saturated heterocycles. The van der Waals surface area contributed by atoms with Crippen LogP contribution in [-0.2, 0) is 4.65 Å². The number of nitro groups is 1. The minimum atomic E-state index is -1.29. The van der Waals surface area contributed by atoms with Crippen LogP contribution in [0.3, 0.4) is 0 Å². The Morgan fingerprint density at radius 2 is 2.36 bits per heavy atom. The van der Waals surface area contributed by atoms with E-state index in [1.165, 1.54) is 11.6 Å². The van der Waals surface area contributed by atoms with E-state index >= 15 is 0 Å². The average Bonchev–Trinajstić information content (AvgIpc) is 3.44. The van der Waals surface area contributed by atoms with Gasteiger partial charge in [-0.3, -0.25) is 10.1 Å². The molecule has 2 heterocycles. The fraction of sp³-hybridized carbons (Fsp3) is 0.562. The third-order valence-electron chi connectivity index (χ3n) is 4.40. The third kappa shape index (κ3) is 5.01. The van der Waals surface area contributed by atoms with Gasteiger partial charge in [0.1, 0.15) is 18.5 Å². The van der Waals surface area contributed by atoms with Crippen molar-refractivity contribution in [3.8, 4) is 5.88 Å². The minimum Gasteiger partial charge on any atom is -0.469 e. The quantitative estimate of drug-likeness (QED) is 0.218. The maximum Gasteiger partial charge on any atom is 0.435 e. The predicted molar refractivity (Wildman–Crippen MR) is 116 cm³/mol. The zero-order valence-electron chi connectivity index (χ0n) is 15.5. The standard InChI is InChI=1S/C16H21BFIN4O4S/c1-10-13(4-3-7-20-10)22-14(11-5-6-11)15(23(24)25)16(21-22)27-8-12(18)9-28-17(19)26-2/h3-4,7,10-12,20H,5-6,8-9H2,1-2H3. The highest BCUT2D eigenvalue weighted by Crippen LogP contribution is 2.48. The van der Waals surface area contributed by atoms with Crippen LogP contribution in [0.25, 0.3) is 5.70 Å². The van der Waals surface area contributed by atoms with Crippen molar-refractivity contribution in [3.05, 3.63) is 34.2 Å². The Morgan fingerprint density at radius 3 is 2.96 bits per heavy atom. The molecule has 1 fully saturated rings. The SMILES string of the molecule is COB(I)SCC(F)COc1nn(C2=CC=CNC2C)c(C2CC2)c1[N+](=O)[O-]. The molecule has 0 bridgehead atoms. The first-order valence-corrected chi connectivity index (χ1v) is 11.2. The molecule has 0 spiro atoms. The number of alkyl halides is 1. The lowest BCUT2D eigenvalue weighted by Gasteiger charge is -2.20. The van der Waals surface area contributed by atoms with E-state index in [4.69, 9.17) is 9.39 Å². The maximum absolute atomic E-state index is 14.2. The van der Waals surface area contributed by atoms with Gasteiger partial charge in [-0.15, -0.1) is 5.10 Å². The number of aromatic nitrogens is 2. The summed E-state index contributed by atoms with van der Waals surface area (Å²) >= 11 is 3.35. The number of ether oxygens (including phenoxy) is 1. The van der Waals surface area contributed by atoms with Gasteiger partial charge in [0.2, 0.25) is 0 Å². The summed E-state index contributed by atoms with van der Waals surface area (Å²) in [5.41, 5.74) is 1.17. The van der Waals surface area contributed by atoms with Gasteiger partial charge in [0.05, 0.1) is 16.7 Å². The third-order valence-corrected chi connectivity index (χ3v) is 7.00. The van der Waals surface area contributed by atoms with Gasteiger partial charge in [-0.1, -0.05) is 22.4 Å². The van der Waals surface area contributed by atoms with E-state index in [-0.39, 0.29) is 39.9 Å². The average molecular weight is 522 g/mol. The highest BCUT2D eigenvalue weighted by Gasteiger charge is 2.41. The van der Waals surface area contributed by atoms with Crippen molar-refractivity contribution in [1.29, 1.82) is 0 Å². The second-order valence-corrected chi connectivity index (χ2v) is 9.64. The zero-order valence-corrected chi connectivity index (χ0v) is 18.5. The molecule has 1 aliphatic carbocycles. The molecule has 0 aromatic carbocycles. The molecule has 3 rings (SSSR count). The predicted octanol–water partition coefficient (Wildman–Crippen LogP) is 3.53.